The topological polar surface area (TPSA) is 4.93 Å². The van der Waals surface area contributed by atoms with Gasteiger partial charge in [0.25, 0.3) is 0 Å². The fraction of sp³-hybridized carbons (Fsp3) is 0. The van der Waals surface area contributed by atoms with Gasteiger partial charge in [0.1, 0.15) is 34.9 Å². The standard InChI is InChI=1S/C26H6BF15N/c28-12-9(13(29)19(35)24(40)18(12)34)27(43-6-5-7-3-1-2-4-8(7)43,10-14(30)20(36)25(41)21(37)15(10)31)11-16(32)22(38)26(42)23(39)17(11)33/h1-6H/q-1. The van der Waals surface area contributed by atoms with Crippen molar-refractivity contribution in [2.75, 3.05) is 0 Å². The van der Waals surface area contributed by atoms with Crippen molar-refractivity contribution in [2.24, 2.45) is 0 Å². The van der Waals surface area contributed by atoms with Crippen LogP contribution in [0.1, 0.15) is 0 Å². The average Bonchev–Trinajstić information content (AvgIpc) is 3.43. The van der Waals surface area contributed by atoms with Crippen molar-refractivity contribution in [1.82, 2.24) is 4.48 Å². The lowest BCUT2D eigenvalue weighted by molar-refractivity contribution is 0.379. The molecule has 0 saturated carbocycles. The van der Waals surface area contributed by atoms with Crippen molar-refractivity contribution >= 4 is 33.6 Å². The van der Waals surface area contributed by atoms with Gasteiger partial charge in [0, 0.05) is 5.52 Å². The molecule has 5 aromatic rings. The Hall–Kier alpha value is -4.57. The van der Waals surface area contributed by atoms with Gasteiger partial charge in [0.2, 0.25) is 0 Å². The molecule has 0 unspecified atom stereocenters. The van der Waals surface area contributed by atoms with E-state index in [9.17, 15) is 39.5 Å². The van der Waals surface area contributed by atoms with E-state index in [0.717, 1.165) is 24.3 Å². The Labute approximate surface area is 228 Å². The highest BCUT2D eigenvalue weighted by atomic mass is 19.2. The zero-order chi connectivity index (χ0) is 31.9. The van der Waals surface area contributed by atoms with Gasteiger partial charge in [0.05, 0.1) is 0 Å². The Morgan fingerprint density at radius 2 is 0.628 bits per heavy atom. The van der Waals surface area contributed by atoms with Gasteiger partial charge in [-0.1, -0.05) is 18.2 Å². The minimum atomic E-state index is -5.87. The largest absolute Gasteiger partial charge is 0.510 e. The third kappa shape index (κ3) is 3.79. The average molecular weight is 628 g/mol. The van der Waals surface area contributed by atoms with Gasteiger partial charge in [-0.15, -0.1) is 16.4 Å². The quantitative estimate of drug-likeness (QED) is 0.0962. The molecule has 0 aliphatic carbocycles. The summed E-state index contributed by atoms with van der Waals surface area (Å²) in [7, 11) is 0. The highest BCUT2D eigenvalue weighted by Gasteiger charge is 2.50. The first kappa shape index (κ1) is 29.9. The summed E-state index contributed by atoms with van der Waals surface area (Å²) in [5, 5.41) is -0.231. The Bertz CT molecular complexity index is 1750. The highest BCUT2D eigenvalue weighted by molar-refractivity contribution is 7.11. The molecule has 5 rings (SSSR count). The molecule has 0 spiro atoms. The molecule has 0 N–H and O–H groups in total. The van der Waals surface area contributed by atoms with E-state index >= 15 is 26.3 Å². The van der Waals surface area contributed by atoms with Gasteiger partial charge in [0.15, 0.2) is 58.6 Å². The number of nitrogens with zero attached hydrogens (tertiary/aromatic N) is 1. The van der Waals surface area contributed by atoms with E-state index < -0.39 is 115 Å². The fourth-order valence-corrected chi connectivity index (χ4v) is 5.26. The van der Waals surface area contributed by atoms with Crippen LogP contribution in [0.5, 0.6) is 0 Å². The highest BCUT2D eigenvalue weighted by Crippen LogP contribution is 2.31. The van der Waals surface area contributed by atoms with Crippen LogP contribution in [-0.2, 0) is 0 Å². The summed E-state index contributed by atoms with van der Waals surface area (Å²) < 4.78 is 224. The van der Waals surface area contributed by atoms with Crippen molar-refractivity contribution in [3.05, 3.63) is 124 Å². The number of fused-ring (bicyclic) bond motifs is 1. The Kier molecular flexibility index (Phi) is 6.97. The van der Waals surface area contributed by atoms with E-state index in [0.29, 0.717) is 6.20 Å². The summed E-state index contributed by atoms with van der Waals surface area (Å²) in [6.07, 6.45) is -5.48. The van der Waals surface area contributed by atoms with E-state index in [4.69, 9.17) is 0 Å². The normalized spacial score (nSPS) is 12.1. The van der Waals surface area contributed by atoms with Crippen LogP contribution >= 0.6 is 0 Å². The molecule has 224 valence electrons. The second-order valence-corrected chi connectivity index (χ2v) is 9.05. The summed E-state index contributed by atoms with van der Waals surface area (Å²) in [5.74, 6) is -45.7. The predicted molar refractivity (Wildman–Crippen MR) is 121 cm³/mol. The molecule has 43 heavy (non-hydrogen) atoms. The van der Waals surface area contributed by atoms with Crippen LogP contribution in [0.25, 0.3) is 10.9 Å². The SMILES string of the molecule is Fc1c(F)c(F)c([B-](c2c(F)c(F)c(F)c(F)c2F)(c2c(F)c(F)c(F)c(F)c2F)n2ccc3ccccc32)c(F)c1F. The molecule has 0 aliphatic rings. The van der Waals surface area contributed by atoms with Crippen molar-refractivity contribution in [3.63, 3.8) is 0 Å². The second-order valence-electron chi connectivity index (χ2n) is 9.05. The number of aromatic nitrogens is 1. The molecule has 1 heterocycles. The smallest absolute Gasteiger partial charge is 0.200 e. The summed E-state index contributed by atoms with van der Waals surface area (Å²) in [6.45, 7) is 0. The first-order chi connectivity index (χ1) is 20.1. The van der Waals surface area contributed by atoms with E-state index in [-0.39, 0.29) is 9.86 Å². The minimum Gasteiger partial charge on any atom is -0.510 e. The Morgan fingerprint density at radius 1 is 0.349 bits per heavy atom. The van der Waals surface area contributed by atoms with Crippen LogP contribution in [0.2, 0.25) is 0 Å². The summed E-state index contributed by atoms with van der Waals surface area (Å²) >= 11 is 0. The minimum absolute atomic E-state index is 0.0931. The summed E-state index contributed by atoms with van der Waals surface area (Å²) in [4.78, 5) is 0. The van der Waals surface area contributed by atoms with Gasteiger partial charge in [-0.2, -0.15) is 0 Å². The molecule has 0 saturated heterocycles. The van der Waals surface area contributed by atoms with Gasteiger partial charge >= 0.3 is 0 Å². The fourth-order valence-electron chi connectivity index (χ4n) is 5.26. The van der Waals surface area contributed by atoms with Crippen LogP contribution in [0.4, 0.5) is 65.9 Å². The maximum Gasteiger partial charge on any atom is 0.200 e. The molecule has 1 aromatic heterocycles. The first-order valence-corrected chi connectivity index (χ1v) is 11.4. The first-order valence-electron chi connectivity index (χ1n) is 11.4. The lowest BCUT2D eigenvalue weighted by Crippen LogP contribution is -2.77. The van der Waals surface area contributed by atoms with Crippen molar-refractivity contribution in [2.45, 2.75) is 0 Å². The van der Waals surface area contributed by atoms with Crippen LogP contribution < -0.4 is 16.4 Å². The van der Waals surface area contributed by atoms with Gasteiger partial charge in [-0.25, -0.2) is 65.9 Å². The van der Waals surface area contributed by atoms with Crippen LogP contribution in [-0.4, -0.2) is 10.8 Å². The predicted octanol–water partition coefficient (Wildman–Crippen LogP) is 6.24. The molecular formula is C26H6BF15N-. The lowest BCUT2D eigenvalue weighted by atomic mass is 9.23. The van der Waals surface area contributed by atoms with Gasteiger partial charge < -0.3 is 4.48 Å². The third-order valence-electron chi connectivity index (χ3n) is 7.03. The molecular weight excluding hydrogens is 622 g/mol. The Balaban J connectivity index is 2.29. The van der Waals surface area contributed by atoms with Crippen molar-refractivity contribution < 1.29 is 65.9 Å². The van der Waals surface area contributed by atoms with Gasteiger partial charge in [-0.3, -0.25) is 0 Å². The van der Waals surface area contributed by atoms with Crippen LogP contribution in [0.3, 0.4) is 0 Å². The number of rotatable bonds is 4. The number of para-hydroxylation sites is 1. The molecule has 17 heteroatoms. The summed E-state index contributed by atoms with van der Waals surface area (Å²) in [5.41, 5.74) is -8.84. The number of halogens is 15. The zero-order valence-corrected chi connectivity index (χ0v) is 20.2. The maximum absolute atomic E-state index is 15.6. The monoisotopic (exact) mass is 628 g/mol. The molecule has 0 fully saturated rings. The second kappa shape index (κ2) is 10.0. The van der Waals surface area contributed by atoms with Crippen molar-refractivity contribution in [1.29, 1.82) is 0 Å². The van der Waals surface area contributed by atoms with E-state index in [1.165, 1.54) is 6.07 Å². The van der Waals surface area contributed by atoms with Gasteiger partial charge in [-0.05, 0) is 23.7 Å². The van der Waals surface area contributed by atoms with E-state index in [1.807, 2.05) is 0 Å². The zero-order valence-electron chi connectivity index (χ0n) is 20.2. The van der Waals surface area contributed by atoms with E-state index in [2.05, 4.69) is 0 Å². The third-order valence-corrected chi connectivity index (χ3v) is 7.03. The molecule has 0 radical (unpaired) electrons. The van der Waals surface area contributed by atoms with Crippen LogP contribution in [0.15, 0.2) is 36.5 Å². The summed E-state index contributed by atoms with van der Waals surface area (Å²) in [6, 6.07) is 4.96. The van der Waals surface area contributed by atoms with Crippen molar-refractivity contribution in [3.8, 4) is 0 Å². The number of hydrogen-bond acceptors (Lipinski definition) is 0. The molecule has 4 aromatic carbocycles. The number of hydrogen-bond donors (Lipinski definition) is 0. The molecule has 0 amide bonds. The van der Waals surface area contributed by atoms with E-state index in [1.54, 1.807) is 0 Å². The Morgan fingerprint density at radius 3 is 0.953 bits per heavy atom. The number of benzene rings is 4. The molecule has 0 atom stereocenters. The molecule has 1 nitrogen and oxygen atoms in total. The lowest BCUT2D eigenvalue weighted by Gasteiger charge is -2.46. The molecule has 0 bridgehead atoms. The van der Waals surface area contributed by atoms with Crippen LogP contribution in [0, 0.1) is 87.3 Å². The molecule has 0 aliphatic heterocycles. The maximum atomic E-state index is 15.6.